The number of nitrogens with one attached hydrogen (secondary N) is 1. The molecule has 0 spiro atoms. The maximum atomic E-state index is 11.2. The van der Waals surface area contributed by atoms with Crippen LogP contribution in [0.2, 0.25) is 0 Å². The second-order valence-corrected chi connectivity index (χ2v) is 4.91. The maximum absolute atomic E-state index is 11.2. The molecule has 1 amide bonds. The molecule has 0 bridgehead atoms. The van der Waals surface area contributed by atoms with E-state index in [0.29, 0.717) is 12.1 Å². The van der Waals surface area contributed by atoms with E-state index in [1.165, 1.54) is 19.3 Å². The van der Waals surface area contributed by atoms with Crippen LogP contribution in [0.5, 0.6) is 0 Å². The molecular formula is C13H22N2O. The fourth-order valence-electron chi connectivity index (χ4n) is 2.62. The van der Waals surface area contributed by atoms with Crippen molar-refractivity contribution in [2.75, 3.05) is 13.1 Å². The molecule has 3 nitrogen and oxygen atoms in total. The number of hydrogen-bond donors (Lipinski definition) is 1. The van der Waals surface area contributed by atoms with Crippen LogP contribution in [0.1, 0.15) is 39.0 Å². The van der Waals surface area contributed by atoms with Gasteiger partial charge in [0.2, 0.25) is 5.91 Å². The molecule has 2 aliphatic rings. The van der Waals surface area contributed by atoms with Crippen LogP contribution in [0.3, 0.4) is 0 Å². The lowest BCUT2D eigenvalue weighted by atomic mass is 9.99. The first-order valence-electron chi connectivity index (χ1n) is 6.44. The normalized spacial score (nSPS) is 27.1. The summed E-state index contributed by atoms with van der Waals surface area (Å²) in [5, 5.41) is 3.69. The summed E-state index contributed by atoms with van der Waals surface area (Å²) in [4.78, 5) is 13.1. The first-order chi connectivity index (χ1) is 7.75. The first-order valence-corrected chi connectivity index (χ1v) is 6.44. The molecule has 1 atom stereocenters. The van der Waals surface area contributed by atoms with E-state index in [9.17, 15) is 4.79 Å². The fraction of sp³-hybridized carbons (Fsp3) is 0.769. The third-order valence-electron chi connectivity index (χ3n) is 3.64. The van der Waals surface area contributed by atoms with Gasteiger partial charge in [0.05, 0.1) is 0 Å². The largest absolute Gasteiger partial charge is 0.343 e. The number of carbonyl (C=O) groups is 1. The van der Waals surface area contributed by atoms with Crippen molar-refractivity contribution in [1.29, 1.82) is 0 Å². The topological polar surface area (TPSA) is 32.3 Å². The number of nitrogens with zero attached hydrogens (tertiary/aromatic N) is 1. The molecule has 1 aliphatic heterocycles. The van der Waals surface area contributed by atoms with E-state index in [0.717, 1.165) is 25.9 Å². The molecule has 0 aromatic carbocycles. The van der Waals surface area contributed by atoms with Crippen molar-refractivity contribution in [2.45, 2.75) is 51.1 Å². The summed E-state index contributed by atoms with van der Waals surface area (Å²) in [5.74, 6) is 0.219. The lowest BCUT2D eigenvalue weighted by Gasteiger charge is -2.34. The number of piperidine rings is 1. The van der Waals surface area contributed by atoms with E-state index < -0.39 is 0 Å². The Labute approximate surface area is 97.9 Å². The molecule has 1 saturated heterocycles. The Hall–Kier alpha value is -0.830. The van der Waals surface area contributed by atoms with E-state index in [1.54, 1.807) is 6.92 Å². The van der Waals surface area contributed by atoms with Crippen LogP contribution in [-0.2, 0) is 4.79 Å². The van der Waals surface area contributed by atoms with Gasteiger partial charge < -0.3 is 10.2 Å². The molecule has 16 heavy (non-hydrogen) atoms. The number of amides is 1. The zero-order chi connectivity index (χ0) is 11.4. The van der Waals surface area contributed by atoms with E-state index in [2.05, 4.69) is 17.5 Å². The van der Waals surface area contributed by atoms with Crippen molar-refractivity contribution < 1.29 is 4.79 Å². The van der Waals surface area contributed by atoms with E-state index in [4.69, 9.17) is 0 Å². The molecule has 0 saturated carbocycles. The number of hydrogen-bond acceptors (Lipinski definition) is 2. The Morgan fingerprint density at radius 3 is 2.62 bits per heavy atom. The van der Waals surface area contributed by atoms with Crippen molar-refractivity contribution in [1.82, 2.24) is 10.2 Å². The Morgan fingerprint density at radius 2 is 2.06 bits per heavy atom. The van der Waals surface area contributed by atoms with Crippen molar-refractivity contribution in [3.05, 3.63) is 12.2 Å². The highest BCUT2D eigenvalue weighted by molar-refractivity contribution is 5.73. The Kier molecular flexibility index (Phi) is 3.99. The van der Waals surface area contributed by atoms with Crippen LogP contribution >= 0.6 is 0 Å². The Balaban J connectivity index is 1.74. The number of rotatable bonds is 2. The first kappa shape index (κ1) is 11.6. The minimum Gasteiger partial charge on any atom is -0.343 e. The summed E-state index contributed by atoms with van der Waals surface area (Å²) in [6, 6.07) is 1.17. The van der Waals surface area contributed by atoms with E-state index >= 15 is 0 Å². The van der Waals surface area contributed by atoms with Crippen molar-refractivity contribution in [3.63, 3.8) is 0 Å². The Bertz CT molecular complexity index is 267. The van der Waals surface area contributed by atoms with Gasteiger partial charge in [-0.05, 0) is 32.1 Å². The lowest BCUT2D eigenvalue weighted by Crippen LogP contribution is -2.47. The summed E-state index contributed by atoms with van der Waals surface area (Å²) in [5.41, 5.74) is 0. The third-order valence-corrected chi connectivity index (χ3v) is 3.64. The molecule has 90 valence electrons. The van der Waals surface area contributed by atoms with Crippen LogP contribution in [0.15, 0.2) is 12.2 Å². The van der Waals surface area contributed by atoms with Crippen LogP contribution in [-0.4, -0.2) is 36.0 Å². The smallest absolute Gasteiger partial charge is 0.219 e. The molecule has 1 fully saturated rings. The molecule has 3 heteroatoms. The maximum Gasteiger partial charge on any atom is 0.219 e. The van der Waals surface area contributed by atoms with Crippen molar-refractivity contribution in [2.24, 2.45) is 0 Å². The molecule has 1 aliphatic carbocycles. The van der Waals surface area contributed by atoms with Crippen molar-refractivity contribution in [3.8, 4) is 0 Å². The molecule has 0 aromatic heterocycles. The highest BCUT2D eigenvalue weighted by Gasteiger charge is 2.22. The molecule has 2 rings (SSSR count). The zero-order valence-electron chi connectivity index (χ0n) is 10.1. The van der Waals surface area contributed by atoms with E-state index in [-0.39, 0.29) is 5.91 Å². The second kappa shape index (κ2) is 5.48. The number of likely N-dealkylation sites (tertiary alicyclic amines) is 1. The van der Waals surface area contributed by atoms with Gasteiger partial charge in [-0.15, -0.1) is 0 Å². The molecule has 0 radical (unpaired) electrons. The highest BCUT2D eigenvalue weighted by Crippen LogP contribution is 2.15. The average Bonchev–Trinajstić information content (AvgIpc) is 2.31. The summed E-state index contributed by atoms with van der Waals surface area (Å²) >= 11 is 0. The fourth-order valence-corrected chi connectivity index (χ4v) is 2.62. The Morgan fingerprint density at radius 1 is 1.31 bits per heavy atom. The third kappa shape index (κ3) is 3.08. The summed E-state index contributed by atoms with van der Waals surface area (Å²) in [7, 11) is 0. The van der Waals surface area contributed by atoms with Crippen LogP contribution < -0.4 is 5.32 Å². The van der Waals surface area contributed by atoms with Gasteiger partial charge in [0.1, 0.15) is 0 Å². The van der Waals surface area contributed by atoms with Gasteiger partial charge in [-0.2, -0.15) is 0 Å². The minimum absolute atomic E-state index is 0.219. The van der Waals surface area contributed by atoms with Gasteiger partial charge in [0, 0.05) is 32.1 Å². The summed E-state index contributed by atoms with van der Waals surface area (Å²) in [6.07, 6.45) is 10.6. The van der Waals surface area contributed by atoms with Gasteiger partial charge in [0.15, 0.2) is 0 Å². The van der Waals surface area contributed by atoms with Crippen molar-refractivity contribution >= 4 is 5.91 Å². The van der Waals surface area contributed by atoms with Crippen LogP contribution in [0.4, 0.5) is 0 Å². The van der Waals surface area contributed by atoms with Crippen LogP contribution in [0, 0.1) is 0 Å². The predicted octanol–water partition coefficient (Wildman–Crippen LogP) is 1.70. The highest BCUT2D eigenvalue weighted by atomic mass is 16.2. The zero-order valence-corrected chi connectivity index (χ0v) is 10.1. The van der Waals surface area contributed by atoms with Crippen LogP contribution in [0.25, 0.3) is 0 Å². The van der Waals surface area contributed by atoms with Gasteiger partial charge in [-0.3, -0.25) is 4.79 Å². The monoisotopic (exact) mass is 222 g/mol. The van der Waals surface area contributed by atoms with Gasteiger partial charge >= 0.3 is 0 Å². The summed E-state index contributed by atoms with van der Waals surface area (Å²) in [6.45, 7) is 3.50. The quantitative estimate of drug-likeness (QED) is 0.721. The molecule has 1 heterocycles. The SMILES string of the molecule is CC(=O)N1CCC(NC2C=CCCC2)CC1. The lowest BCUT2D eigenvalue weighted by molar-refractivity contribution is -0.129. The van der Waals surface area contributed by atoms with Gasteiger partial charge in [0.25, 0.3) is 0 Å². The molecule has 1 N–H and O–H groups in total. The predicted molar refractivity (Wildman–Crippen MR) is 65.2 cm³/mol. The molecular weight excluding hydrogens is 200 g/mol. The van der Waals surface area contributed by atoms with E-state index in [1.807, 2.05) is 4.90 Å². The molecule has 0 aromatic rings. The van der Waals surface area contributed by atoms with Gasteiger partial charge in [-0.25, -0.2) is 0 Å². The number of carbonyl (C=O) groups excluding carboxylic acids is 1. The van der Waals surface area contributed by atoms with Gasteiger partial charge in [-0.1, -0.05) is 12.2 Å². The minimum atomic E-state index is 0.219. The average molecular weight is 222 g/mol. The number of allylic oxidation sites excluding steroid dienone is 1. The second-order valence-electron chi connectivity index (χ2n) is 4.91. The standard InChI is InChI=1S/C13H22N2O/c1-11(16)15-9-7-13(8-10-15)14-12-5-3-2-4-6-12/h3,5,12-14H,2,4,6-10H2,1H3. The molecule has 1 unspecified atom stereocenters. The summed E-state index contributed by atoms with van der Waals surface area (Å²) < 4.78 is 0.